The molecule has 12 nitrogen and oxygen atoms in total. The number of rotatable bonds is 4. The third-order valence-electron chi connectivity index (χ3n) is 3.55. The van der Waals surface area contributed by atoms with E-state index in [-0.39, 0.29) is 16.3 Å². The molecule has 1 heterocycles. The number of benzene rings is 1. The molecule has 130 valence electrons. The average Bonchev–Trinajstić information content (AvgIpc) is 2.97. The van der Waals surface area contributed by atoms with Crippen molar-refractivity contribution < 1.29 is 24.1 Å². The Kier molecular flexibility index (Phi) is 3.85. The van der Waals surface area contributed by atoms with Gasteiger partial charge in [-0.05, 0) is 29.2 Å². The lowest BCUT2D eigenvalue weighted by atomic mass is 9.98. The summed E-state index contributed by atoms with van der Waals surface area (Å²) in [5.74, 6) is 0.563. The standard InChI is InChI=1S/C13H10N5O7/c1-24-8-4-2-7(3-5-8)14-11-9(16(19)20)6-10(17(21)22)12-13(11)18(23)25-15-12/h2-6,11,14H,1H3/q-1. The van der Waals surface area contributed by atoms with Crippen LogP contribution in [0.1, 0.15) is 17.4 Å². The highest BCUT2D eigenvalue weighted by Gasteiger charge is 2.46. The zero-order valence-corrected chi connectivity index (χ0v) is 12.6. The zero-order chi connectivity index (χ0) is 18.1. The lowest BCUT2D eigenvalue weighted by Gasteiger charge is -2.18. The minimum absolute atomic E-state index is 0.0868. The maximum atomic E-state index is 11.8. The Morgan fingerprint density at radius 2 is 1.96 bits per heavy atom. The van der Waals surface area contributed by atoms with Crippen molar-refractivity contribution >= 4 is 11.4 Å². The molecule has 1 N–H and O–H groups in total. The summed E-state index contributed by atoms with van der Waals surface area (Å²) in [5.41, 5.74) is -1.57. The van der Waals surface area contributed by atoms with Crippen LogP contribution >= 0.6 is 0 Å². The third kappa shape index (κ3) is 2.75. The minimum Gasteiger partial charge on any atom is -0.612 e. The second-order valence-corrected chi connectivity index (χ2v) is 4.94. The lowest BCUT2D eigenvalue weighted by Crippen LogP contribution is -2.38. The Balaban J connectivity index is 2.09. The molecule has 0 saturated heterocycles. The van der Waals surface area contributed by atoms with Gasteiger partial charge in [0.1, 0.15) is 5.75 Å². The first kappa shape index (κ1) is 16.0. The maximum absolute atomic E-state index is 11.8. The van der Waals surface area contributed by atoms with Gasteiger partial charge in [0.15, 0.2) is 6.04 Å². The first-order chi connectivity index (χ1) is 11.9. The predicted molar refractivity (Wildman–Crippen MR) is 81.0 cm³/mol. The van der Waals surface area contributed by atoms with E-state index in [0.29, 0.717) is 11.4 Å². The van der Waals surface area contributed by atoms with Crippen LogP contribution in [-0.4, -0.2) is 27.8 Å². The molecule has 0 amide bonds. The smallest absolute Gasteiger partial charge is 0.320 e. The van der Waals surface area contributed by atoms with Gasteiger partial charge in [0.25, 0.3) is 11.4 Å². The molecule has 12 heteroatoms. The van der Waals surface area contributed by atoms with Crippen LogP contribution in [0.25, 0.3) is 0 Å². The van der Waals surface area contributed by atoms with E-state index >= 15 is 0 Å². The number of nitro groups is 1. The number of fused-ring (bicyclic) bond motifs is 1. The minimum atomic E-state index is -1.29. The second-order valence-electron chi connectivity index (χ2n) is 4.94. The van der Waals surface area contributed by atoms with E-state index in [1.807, 2.05) is 0 Å². The first-order valence-electron chi connectivity index (χ1n) is 6.80. The topological polar surface area (TPSA) is 166 Å². The Morgan fingerprint density at radius 3 is 2.52 bits per heavy atom. The molecule has 0 fully saturated rings. The summed E-state index contributed by atoms with van der Waals surface area (Å²) in [6.45, 7) is 0. The molecule has 0 bridgehead atoms. The highest BCUT2D eigenvalue weighted by Crippen LogP contribution is 2.31. The van der Waals surface area contributed by atoms with Crippen LogP contribution in [0.15, 0.2) is 40.7 Å². The molecule has 25 heavy (non-hydrogen) atoms. The van der Waals surface area contributed by atoms with Crippen molar-refractivity contribution in [1.29, 1.82) is 0 Å². The fourth-order valence-corrected chi connectivity index (χ4v) is 2.40. The van der Waals surface area contributed by atoms with Gasteiger partial charge in [0, 0.05) is 5.69 Å². The molecule has 2 aromatic rings. The van der Waals surface area contributed by atoms with E-state index in [1.165, 1.54) is 7.11 Å². The molecule has 1 aliphatic rings. The molecular formula is C13H10N5O7-. The summed E-state index contributed by atoms with van der Waals surface area (Å²) < 4.78 is 9.42. The van der Waals surface area contributed by atoms with Gasteiger partial charge in [-0.3, -0.25) is 14.7 Å². The number of ether oxygens (including phenoxy) is 1. The summed E-state index contributed by atoms with van der Waals surface area (Å²) in [6.07, 6.45) is 0.756. The summed E-state index contributed by atoms with van der Waals surface area (Å²) in [5, 5.41) is 51.5. The summed E-state index contributed by atoms with van der Waals surface area (Å²) in [7, 11) is 1.48. The van der Waals surface area contributed by atoms with Crippen molar-refractivity contribution in [1.82, 2.24) is 5.16 Å². The number of nitrogens with one attached hydrogen (secondary N) is 1. The summed E-state index contributed by atoms with van der Waals surface area (Å²) >= 11 is 0. The van der Waals surface area contributed by atoms with Crippen LogP contribution < -0.4 is 15.0 Å². The number of allylic oxidation sites excluding steroid dienone is 1. The maximum Gasteiger partial charge on any atom is 0.320 e. The van der Waals surface area contributed by atoms with Crippen molar-refractivity contribution in [3.63, 3.8) is 0 Å². The quantitative estimate of drug-likeness (QED) is 0.468. The van der Waals surface area contributed by atoms with E-state index in [2.05, 4.69) is 15.1 Å². The normalized spacial score (nSPS) is 16.0. The molecular weight excluding hydrogens is 338 g/mol. The van der Waals surface area contributed by atoms with Crippen molar-refractivity contribution in [2.75, 3.05) is 12.4 Å². The monoisotopic (exact) mass is 348 g/mol. The summed E-state index contributed by atoms with van der Waals surface area (Å²) in [4.78, 5) is 9.59. The second kappa shape index (κ2) is 5.99. The van der Waals surface area contributed by atoms with E-state index in [9.17, 15) is 25.7 Å². The molecule has 0 aliphatic heterocycles. The van der Waals surface area contributed by atoms with Crippen molar-refractivity contribution in [3.05, 3.63) is 73.2 Å². The predicted octanol–water partition coefficient (Wildman–Crippen LogP) is 0.441. The third-order valence-corrected chi connectivity index (χ3v) is 3.55. The number of anilines is 1. The molecule has 0 spiro atoms. The zero-order valence-electron chi connectivity index (χ0n) is 12.6. The highest BCUT2D eigenvalue weighted by molar-refractivity contribution is 6.06. The number of nitrogens with zero attached hydrogens (tertiary/aromatic N) is 4. The van der Waals surface area contributed by atoms with Crippen LogP contribution in [-0.2, 0) is 0 Å². The van der Waals surface area contributed by atoms with Gasteiger partial charge in [-0.15, -0.1) is 0 Å². The van der Waals surface area contributed by atoms with E-state index in [4.69, 9.17) is 4.74 Å². The van der Waals surface area contributed by atoms with Crippen molar-refractivity contribution in [3.8, 4) is 5.75 Å². The molecule has 1 unspecified atom stereocenters. The molecule has 1 aromatic carbocycles. The van der Waals surface area contributed by atoms with Gasteiger partial charge < -0.3 is 25.7 Å². The number of methoxy groups -OCH3 is 1. The lowest BCUT2D eigenvalue weighted by molar-refractivity contribution is -0.808. The van der Waals surface area contributed by atoms with E-state index in [1.54, 1.807) is 24.3 Å². The van der Waals surface area contributed by atoms with E-state index in [0.717, 1.165) is 6.08 Å². The van der Waals surface area contributed by atoms with E-state index < -0.39 is 27.3 Å². The first-order valence-corrected chi connectivity index (χ1v) is 6.80. The fraction of sp³-hybridized carbons (Fsp3) is 0.154. The number of hydrogen-bond donors (Lipinski definition) is 1. The fourth-order valence-electron chi connectivity index (χ4n) is 2.40. The SMILES string of the molecule is COc1ccc(NC2C([N+](=O)[O-])=CC(=[N+]([O-])[O-])c3no[n+]([O-])c32)cc1. The van der Waals surface area contributed by atoms with Crippen LogP contribution in [0.2, 0.25) is 0 Å². The Hall–Kier alpha value is -3.83. The number of aromatic nitrogens is 2. The average molecular weight is 348 g/mol. The highest BCUT2D eigenvalue weighted by atomic mass is 16.8. The molecule has 1 aromatic heterocycles. The largest absolute Gasteiger partial charge is 0.612 e. The van der Waals surface area contributed by atoms with Crippen LogP contribution in [0.4, 0.5) is 5.69 Å². The Bertz CT molecular complexity index is 883. The molecule has 1 atom stereocenters. The van der Waals surface area contributed by atoms with Gasteiger partial charge in [-0.25, -0.2) is 0 Å². The molecule has 1 aliphatic carbocycles. The molecule has 0 radical (unpaired) electrons. The number of hydrogen-bond acceptors (Lipinski definition) is 9. The van der Waals surface area contributed by atoms with Gasteiger partial charge in [0.05, 0.1) is 23.3 Å². The Morgan fingerprint density at radius 1 is 1.28 bits per heavy atom. The molecule has 0 saturated carbocycles. The van der Waals surface area contributed by atoms with Gasteiger partial charge >= 0.3 is 5.69 Å². The van der Waals surface area contributed by atoms with Gasteiger partial charge in [-0.2, -0.15) is 4.90 Å². The van der Waals surface area contributed by atoms with Crippen LogP contribution in [0.3, 0.4) is 0 Å². The summed E-state index contributed by atoms with van der Waals surface area (Å²) in [6, 6.07) is 5.08. The van der Waals surface area contributed by atoms with Crippen molar-refractivity contribution in [2.24, 2.45) is 0 Å². The van der Waals surface area contributed by atoms with Gasteiger partial charge in [-0.1, -0.05) is 0 Å². The van der Waals surface area contributed by atoms with Gasteiger partial charge in [0.2, 0.25) is 5.69 Å². The molecule has 3 rings (SSSR count). The Labute approximate surface area is 139 Å². The van der Waals surface area contributed by atoms with Crippen molar-refractivity contribution in [2.45, 2.75) is 6.04 Å². The van der Waals surface area contributed by atoms with Crippen LogP contribution in [0, 0.1) is 25.7 Å². The van der Waals surface area contributed by atoms with Crippen LogP contribution in [0.5, 0.6) is 5.75 Å².